The van der Waals surface area contributed by atoms with Crippen molar-refractivity contribution >= 4 is 33.4 Å². The summed E-state index contributed by atoms with van der Waals surface area (Å²) in [5, 5.41) is 2.80. The highest BCUT2D eigenvalue weighted by molar-refractivity contribution is 7.99. The van der Waals surface area contributed by atoms with Gasteiger partial charge in [-0.2, -0.15) is 0 Å². The normalized spacial score (nSPS) is 12.4. The van der Waals surface area contributed by atoms with E-state index < -0.39 is 21.9 Å². The SMILES string of the molecule is CC[C@@H](C(=O)NCCSc1ccccc1)N(c1ccc(F)cc1)S(C)(=O)=O. The van der Waals surface area contributed by atoms with Crippen molar-refractivity contribution in [2.45, 2.75) is 24.3 Å². The van der Waals surface area contributed by atoms with Gasteiger partial charge < -0.3 is 5.32 Å². The van der Waals surface area contributed by atoms with E-state index in [2.05, 4.69) is 5.32 Å². The molecule has 0 heterocycles. The summed E-state index contributed by atoms with van der Waals surface area (Å²) in [5.41, 5.74) is 0.263. The fraction of sp³-hybridized carbons (Fsp3) is 0.316. The Morgan fingerprint density at radius 2 is 1.78 bits per heavy atom. The quantitative estimate of drug-likeness (QED) is 0.509. The Kier molecular flexibility index (Phi) is 7.67. The van der Waals surface area contributed by atoms with E-state index in [-0.39, 0.29) is 11.6 Å². The lowest BCUT2D eigenvalue weighted by atomic mass is 10.2. The minimum atomic E-state index is -3.72. The molecule has 2 aromatic rings. The van der Waals surface area contributed by atoms with Crippen molar-refractivity contribution in [3.05, 3.63) is 60.4 Å². The number of carbonyl (C=O) groups is 1. The average molecular weight is 411 g/mol. The van der Waals surface area contributed by atoms with Crippen LogP contribution in [0.2, 0.25) is 0 Å². The number of sulfonamides is 1. The van der Waals surface area contributed by atoms with Crippen molar-refractivity contribution in [1.82, 2.24) is 5.32 Å². The number of carbonyl (C=O) groups excluding carboxylic acids is 1. The Labute approximate surface area is 164 Å². The maximum absolute atomic E-state index is 13.2. The standard InChI is InChI=1S/C19H23FN2O3S2/c1-3-18(19(23)21-13-14-26-17-7-5-4-6-8-17)22(27(2,24)25)16-11-9-15(20)10-12-16/h4-12,18H,3,13-14H2,1-2H3,(H,21,23)/t18-/m0/s1. The molecule has 27 heavy (non-hydrogen) atoms. The summed E-state index contributed by atoms with van der Waals surface area (Å²) in [6.45, 7) is 2.15. The Bertz CT molecular complexity index is 843. The molecule has 0 spiro atoms. The fourth-order valence-corrected chi connectivity index (χ4v) is 4.63. The molecule has 0 unspecified atom stereocenters. The monoisotopic (exact) mass is 410 g/mol. The number of hydrogen-bond donors (Lipinski definition) is 1. The topological polar surface area (TPSA) is 66.5 Å². The van der Waals surface area contributed by atoms with Crippen LogP contribution < -0.4 is 9.62 Å². The summed E-state index contributed by atoms with van der Waals surface area (Å²) in [6, 6.07) is 14.0. The Balaban J connectivity index is 2.04. The maximum Gasteiger partial charge on any atom is 0.243 e. The van der Waals surface area contributed by atoms with Crippen LogP contribution in [0.3, 0.4) is 0 Å². The van der Waals surface area contributed by atoms with Gasteiger partial charge in [0.25, 0.3) is 0 Å². The summed E-state index contributed by atoms with van der Waals surface area (Å²) in [5.74, 6) is -0.176. The number of thioether (sulfide) groups is 1. The molecule has 0 bridgehead atoms. The zero-order valence-electron chi connectivity index (χ0n) is 15.3. The van der Waals surface area contributed by atoms with Crippen LogP contribution >= 0.6 is 11.8 Å². The van der Waals surface area contributed by atoms with E-state index in [9.17, 15) is 17.6 Å². The number of benzene rings is 2. The minimum absolute atomic E-state index is 0.263. The first-order valence-electron chi connectivity index (χ1n) is 8.53. The molecule has 0 aliphatic heterocycles. The lowest BCUT2D eigenvalue weighted by Crippen LogP contribution is -2.49. The molecular formula is C19H23FN2O3S2. The second-order valence-electron chi connectivity index (χ2n) is 5.91. The lowest BCUT2D eigenvalue weighted by molar-refractivity contribution is -0.122. The third-order valence-corrected chi connectivity index (χ3v) is 6.02. The first-order chi connectivity index (χ1) is 12.8. The molecule has 0 aliphatic rings. The fourth-order valence-electron chi connectivity index (χ4n) is 2.63. The molecule has 5 nitrogen and oxygen atoms in total. The number of halogens is 1. The van der Waals surface area contributed by atoms with Crippen LogP contribution in [0, 0.1) is 5.82 Å². The number of hydrogen-bond acceptors (Lipinski definition) is 4. The highest BCUT2D eigenvalue weighted by Crippen LogP contribution is 2.23. The van der Waals surface area contributed by atoms with E-state index in [1.165, 1.54) is 24.3 Å². The van der Waals surface area contributed by atoms with E-state index in [0.29, 0.717) is 18.7 Å². The van der Waals surface area contributed by atoms with Gasteiger partial charge in [0.2, 0.25) is 15.9 Å². The molecule has 0 saturated heterocycles. The van der Waals surface area contributed by atoms with Crippen molar-refractivity contribution in [3.63, 3.8) is 0 Å². The molecule has 0 aromatic heterocycles. The molecule has 0 aliphatic carbocycles. The van der Waals surface area contributed by atoms with Gasteiger partial charge in [-0.3, -0.25) is 9.10 Å². The maximum atomic E-state index is 13.2. The van der Waals surface area contributed by atoms with Crippen molar-refractivity contribution in [1.29, 1.82) is 0 Å². The Morgan fingerprint density at radius 1 is 1.15 bits per heavy atom. The van der Waals surface area contributed by atoms with E-state index in [4.69, 9.17) is 0 Å². The van der Waals surface area contributed by atoms with Crippen LogP contribution in [0.4, 0.5) is 10.1 Å². The smallest absolute Gasteiger partial charge is 0.243 e. The van der Waals surface area contributed by atoms with E-state index >= 15 is 0 Å². The highest BCUT2D eigenvalue weighted by atomic mass is 32.2. The van der Waals surface area contributed by atoms with Gasteiger partial charge >= 0.3 is 0 Å². The number of nitrogens with one attached hydrogen (secondary N) is 1. The van der Waals surface area contributed by atoms with Crippen LogP contribution in [0.15, 0.2) is 59.5 Å². The second kappa shape index (κ2) is 9.75. The molecule has 2 aromatic carbocycles. The van der Waals surface area contributed by atoms with Crippen molar-refractivity contribution < 1.29 is 17.6 Å². The minimum Gasteiger partial charge on any atom is -0.353 e. The van der Waals surface area contributed by atoms with Crippen molar-refractivity contribution in [2.24, 2.45) is 0 Å². The number of nitrogens with zero attached hydrogens (tertiary/aromatic N) is 1. The van der Waals surface area contributed by atoms with Gasteiger partial charge in [-0.1, -0.05) is 25.1 Å². The van der Waals surface area contributed by atoms with Crippen LogP contribution in [0.5, 0.6) is 0 Å². The van der Waals surface area contributed by atoms with Crippen LogP contribution in [0.1, 0.15) is 13.3 Å². The van der Waals surface area contributed by atoms with Gasteiger partial charge in [-0.15, -0.1) is 11.8 Å². The van der Waals surface area contributed by atoms with Crippen molar-refractivity contribution in [3.8, 4) is 0 Å². The highest BCUT2D eigenvalue weighted by Gasteiger charge is 2.31. The van der Waals surface area contributed by atoms with Gasteiger partial charge in [-0.25, -0.2) is 12.8 Å². The second-order valence-corrected chi connectivity index (χ2v) is 8.94. The molecule has 0 saturated carbocycles. The summed E-state index contributed by atoms with van der Waals surface area (Å²) in [6.07, 6.45) is 1.33. The molecule has 2 rings (SSSR count). The molecule has 0 radical (unpaired) electrons. The van der Waals surface area contributed by atoms with Gasteiger partial charge in [-0.05, 0) is 42.8 Å². The van der Waals surface area contributed by atoms with Crippen LogP contribution in [-0.4, -0.2) is 38.9 Å². The first kappa shape index (κ1) is 21.2. The third kappa shape index (κ3) is 6.25. The number of anilines is 1. The molecule has 8 heteroatoms. The van der Waals surface area contributed by atoms with Gasteiger partial charge in [0.15, 0.2) is 0 Å². The summed E-state index contributed by atoms with van der Waals surface area (Å²) in [4.78, 5) is 13.7. The van der Waals surface area contributed by atoms with Gasteiger partial charge in [0, 0.05) is 17.2 Å². The molecular weight excluding hydrogens is 387 g/mol. The van der Waals surface area contributed by atoms with E-state index in [0.717, 1.165) is 15.5 Å². The lowest BCUT2D eigenvalue weighted by Gasteiger charge is -2.30. The summed E-state index contributed by atoms with van der Waals surface area (Å²) >= 11 is 1.61. The Morgan fingerprint density at radius 3 is 2.33 bits per heavy atom. The first-order valence-corrected chi connectivity index (χ1v) is 11.4. The van der Waals surface area contributed by atoms with Gasteiger partial charge in [0.1, 0.15) is 11.9 Å². The largest absolute Gasteiger partial charge is 0.353 e. The van der Waals surface area contributed by atoms with Crippen LogP contribution in [-0.2, 0) is 14.8 Å². The number of rotatable bonds is 9. The van der Waals surface area contributed by atoms with E-state index in [1.54, 1.807) is 18.7 Å². The zero-order valence-corrected chi connectivity index (χ0v) is 16.9. The number of amides is 1. The van der Waals surface area contributed by atoms with Crippen molar-refractivity contribution in [2.75, 3.05) is 22.9 Å². The molecule has 1 amide bonds. The Hall–Kier alpha value is -2.06. The summed E-state index contributed by atoms with van der Waals surface area (Å²) in [7, 11) is -3.72. The predicted octanol–water partition coefficient (Wildman–Crippen LogP) is 3.28. The van der Waals surface area contributed by atoms with Gasteiger partial charge in [0.05, 0.1) is 11.9 Å². The van der Waals surface area contributed by atoms with E-state index in [1.807, 2.05) is 30.3 Å². The molecule has 146 valence electrons. The summed E-state index contributed by atoms with van der Waals surface area (Å²) < 4.78 is 38.8. The zero-order chi connectivity index (χ0) is 19.9. The van der Waals surface area contributed by atoms with Crippen LogP contribution in [0.25, 0.3) is 0 Å². The third-order valence-electron chi connectivity index (χ3n) is 3.82. The molecule has 0 fully saturated rings. The molecule has 1 atom stereocenters. The molecule has 1 N–H and O–H groups in total. The predicted molar refractivity (Wildman–Crippen MR) is 108 cm³/mol. The average Bonchev–Trinajstić information content (AvgIpc) is 2.64.